The minimum Gasteiger partial charge on any atom is -0.465 e. The van der Waals surface area contributed by atoms with Crippen molar-refractivity contribution in [2.75, 3.05) is 23.8 Å². The van der Waals surface area contributed by atoms with Crippen LogP contribution in [0, 0.1) is 5.92 Å². The van der Waals surface area contributed by atoms with Gasteiger partial charge in [0.25, 0.3) is 0 Å². The molecule has 1 unspecified atom stereocenters. The van der Waals surface area contributed by atoms with Crippen LogP contribution in [0.1, 0.15) is 24.6 Å². The third kappa shape index (κ3) is 3.31. The molecule has 30 heavy (non-hydrogen) atoms. The zero-order chi connectivity index (χ0) is 21.9. The second-order valence-corrected chi connectivity index (χ2v) is 8.58. The summed E-state index contributed by atoms with van der Waals surface area (Å²) in [6.45, 7) is 2.34. The summed E-state index contributed by atoms with van der Waals surface area (Å²) in [7, 11) is 5.80. The average molecular weight is 418 g/mol. The number of cyclic esters (lactones) is 1. The first-order valence-electron chi connectivity index (χ1n) is 9.70. The first-order chi connectivity index (χ1) is 14.0. The van der Waals surface area contributed by atoms with Gasteiger partial charge in [0.1, 0.15) is 46.2 Å². The molecular formula is C16H20B3F3N6O2. The van der Waals surface area contributed by atoms with Crippen LogP contribution in [0.15, 0.2) is 12.3 Å². The summed E-state index contributed by atoms with van der Waals surface area (Å²) in [4.78, 5) is 20.1. The van der Waals surface area contributed by atoms with Gasteiger partial charge in [0.05, 0.1) is 12.3 Å². The van der Waals surface area contributed by atoms with Gasteiger partial charge in [-0.05, 0) is 18.6 Å². The van der Waals surface area contributed by atoms with Crippen molar-refractivity contribution >= 4 is 47.1 Å². The highest BCUT2D eigenvalue weighted by atomic mass is 19.4. The molecule has 1 aliphatic heterocycles. The number of carbonyl (C=O) groups excluding carboxylic acids is 1. The Labute approximate surface area is 173 Å². The minimum absolute atomic E-state index is 0.00487. The zero-order valence-corrected chi connectivity index (χ0v) is 17.1. The number of ether oxygens (including phenoxy) is 1. The van der Waals surface area contributed by atoms with E-state index < -0.39 is 22.4 Å². The molecule has 1 aliphatic carbocycles. The molecule has 2 N–H and O–H groups in total. The molecule has 0 amide bonds. The molecule has 2 atom stereocenters. The summed E-state index contributed by atoms with van der Waals surface area (Å²) in [6.07, 6.45) is -3.14. The third-order valence-corrected chi connectivity index (χ3v) is 5.37. The SMILES string of the molecule is BC(B)(B)n1nc(C23C[C@@H]2COC3=O)cc1Nc1ncc(C(F)(F)F)c(NCC)n1. The fourth-order valence-corrected chi connectivity index (χ4v) is 3.77. The third-order valence-electron chi connectivity index (χ3n) is 5.37. The van der Waals surface area contributed by atoms with E-state index in [1.54, 1.807) is 17.7 Å². The summed E-state index contributed by atoms with van der Waals surface area (Å²) in [5.41, 5.74) is -1.07. The van der Waals surface area contributed by atoms with Crippen LogP contribution in [0.5, 0.6) is 0 Å². The van der Waals surface area contributed by atoms with E-state index in [1.807, 2.05) is 23.5 Å². The van der Waals surface area contributed by atoms with Crippen molar-refractivity contribution in [1.82, 2.24) is 19.7 Å². The van der Waals surface area contributed by atoms with E-state index >= 15 is 0 Å². The van der Waals surface area contributed by atoms with E-state index in [4.69, 9.17) is 4.74 Å². The molecule has 2 aromatic rings. The van der Waals surface area contributed by atoms with Crippen LogP contribution in [-0.4, -0.2) is 62.4 Å². The van der Waals surface area contributed by atoms with Gasteiger partial charge in [-0.25, -0.2) is 4.98 Å². The Morgan fingerprint density at radius 1 is 1.37 bits per heavy atom. The number of fused-ring (bicyclic) bond motifs is 1. The lowest BCUT2D eigenvalue weighted by atomic mass is 9.49. The molecule has 2 fully saturated rings. The molecule has 0 radical (unpaired) electrons. The number of aromatic nitrogens is 4. The van der Waals surface area contributed by atoms with Crippen LogP contribution in [-0.2, 0) is 26.4 Å². The van der Waals surface area contributed by atoms with Gasteiger partial charge in [-0.15, -0.1) is 0 Å². The van der Waals surface area contributed by atoms with E-state index in [2.05, 4.69) is 25.7 Å². The predicted molar refractivity (Wildman–Crippen MR) is 111 cm³/mol. The number of nitrogens with one attached hydrogen (secondary N) is 2. The largest absolute Gasteiger partial charge is 0.465 e. The highest BCUT2D eigenvalue weighted by molar-refractivity contribution is 6.56. The summed E-state index contributed by atoms with van der Waals surface area (Å²) < 4.78 is 46.5. The van der Waals surface area contributed by atoms with E-state index in [0.717, 1.165) is 6.20 Å². The van der Waals surface area contributed by atoms with E-state index in [1.165, 1.54) is 0 Å². The number of halogens is 3. The molecular weight excluding hydrogens is 398 g/mol. The minimum atomic E-state index is -4.57. The molecule has 3 heterocycles. The van der Waals surface area contributed by atoms with E-state index in [-0.39, 0.29) is 30.2 Å². The maximum Gasteiger partial charge on any atom is 0.421 e. The molecule has 0 aromatic carbocycles. The summed E-state index contributed by atoms with van der Waals surface area (Å²) in [5.74, 6) is 0.0145. The van der Waals surface area contributed by atoms with Gasteiger partial charge in [-0.1, -0.05) is 0 Å². The van der Waals surface area contributed by atoms with Gasteiger partial charge in [-0.2, -0.15) is 23.3 Å². The summed E-state index contributed by atoms with van der Waals surface area (Å²) in [5, 5.41) is 9.78. The number of alkyl halides is 3. The molecule has 156 valence electrons. The van der Waals surface area contributed by atoms with Crippen molar-refractivity contribution in [2.24, 2.45) is 5.92 Å². The Bertz CT molecular complexity index is 1010. The smallest absolute Gasteiger partial charge is 0.421 e. The maximum absolute atomic E-state index is 13.2. The van der Waals surface area contributed by atoms with Crippen LogP contribution < -0.4 is 10.6 Å². The molecule has 0 bridgehead atoms. The van der Waals surface area contributed by atoms with Gasteiger partial charge in [0.2, 0.25) is 5.95 Å². The van der Waals surface area contributed by atoms with Crippen molar-refractivity contribution in [3.8, 4) is 0 Å². The van der Waals surface area contributed by atoms with Gasteiger partial charge >= 0.3 is 12.1 Å². The van der Waals surface area contributed by atoms with Crippen molar-refractivity contribution in [3.63, 3.8) is 0 Å². The monoisotopic (exact) mass is 418 g/mol. The van der Waals surface area contributed by atoms with Crippen molar-refractivity contribution in [3.05, 3.63) is 23.5 Å². The van der Waals surface area contributed by atoms with E-state index in [9.17, 15) is 18.0 Å². The van der Waals surface area contributed by atoms with Crippen LogP contribution in [0.25, 0.3) is 0 Å². The number of hydrogen-bond acceptors (Lipinski definition) is 7. The lowest BCUT2D eigenvalue weighted by Gasteiger charge is -2.23. The quantitative estimate of drug-likeness (QED) is 0.467. The van der Waals surface area contributed by atoms with Crippen LogP contribution in [0.2, 0.25) is 0 Å². The number of hydrogen-bond donors (Lipinski definition) is 2. The van der Waals surface area contributed by atoms with Gasteiger partial charge in [-0.3, -0.25) is 9.48 Å². The second kappa shape index (κ2) is 6.68. The molecule has 2 aliphatic rings. The van der Waals surface area contributed by atoms with Crippen LogP contribution in [0.4, 0.5) is 30.8 Å². The number of anilines is 3. The highest BCUT2D eigenvalue weighted by Gasteiger charge is 2.68. The van der Waals surface area contributed by atoms with E-state index in [0.29, 0.717) is 24.5 Å². The standard InChI is InChI=1S/C16H20B3F3N6O2/c1-2-23-11-8(15(20,21)22)5-24-13(26-11)25-10-3-9(27-28(10)16(17,18)19)14-4-7(14)6-30-12(14)29/h3,5,7H,2,4,6,17-19H2,1H3,(H2,23,24,25,26)/t7-,14?/m1/s1. The predicted octanol–water partition coefficient (Wildman–Crippen LogP) is -0.851. The molecule has 8 nitrogen and oxygen atoms in total. The van der Waals surface area contributed by atoms with Crippen molar-refractivity contribution < 1.29 is 22.7 Å². The topological polar surface area (TPSA) is 94.0 Å². The Morgan fingerprint density at radius 2 is 2.10 bits per heavy atom. The fraction of sp³-hybridized carbons (Fsp3) is 0.500. The molecule has 1 saturated heterocycles. The number of carbonyl (C=O) groups is 1. The zero-order valence-electron chi connectivity index (χ0n) is 17.1. The molecule has 4 rings (SSSR count). The first-order valence-corrected chi connectivity index (χ1v) is 9.70. The Hall–Kier alpha value is -2.66. The highest BCUT2D eigenvalue weighted by Crippen LogP contribution is 2.59. The lowest BCUT2D eigenvalue weighted by molar-refractivity contribution is -0.142. The van der Waals surface area contributed by atoms with Gasteiger partial charge in [0.15, 0.2) is 0 Å². The second-order valence-electron chi connectivity index (χ2n) is 8.58. The molecule has 1 saturated carbocycles. The van der Waals surface area contributed by atoms with Gasteiger partial charge in [0, 0.05) is 24.7 Å². The fourth-order valence-electron chi connectivity index (χ4n) is 3.77. The lowest BCUT2D eigenvalue weighted by Crippen LogP contribution is -2.37. The molecule has 14 heteroatoms. The maximum atomic E-state index is 13.2. The Balaban J connectivity index is 1.71. The van der Waals surface area contributed by atoms with Crippen LogP contribution in [0.3, 0.4) is 0 Å². The van der Waals surface area contributed by atoms with Gasteiger partial charge < -0.3 is 15.4 Å². The normalized spacial score (nSPS) is 23.1. The van der Waals surface area contributed by atoms with Crippen LogP contribution >= 0.6 is 0 Å². The Morgan fingerprint density at radius 3 is 2.63 bits per heavy atom. The first kappa shape index (κ1) is 20.6. The number of esters is 1. The number of nitrogens with zero attached hydrogens (tertiary/aromatic N) is 4. The average Bonchev–Trinajstić information content (AvgIpc) is 3.06. The summed E-state index contributed by atoms with van der Waals surface area (Å²) in [6, 6.07) is 1.73. The Kier molecular flexibility index (Phi) is 4.59. The molecule has 0 spiro atoms. The van der Waals surface area contributed by atoms with Crippen molar-refractivity contribution in [1.29, 1.82) is 0 Å². The molecule has 2 aromatic heterocycles. The number of rotatable bonds is 6. The van der Waals surface area contributed by atoms with Crippen molar-refractivity contribution in [2.45, 2.75) is 30.2 Å². The summed E-state index contributed by atoms with van der Waals surface area (Å²) >= 11 is 0.